The molecule has 0 bridgehead atoms. The second-order valence-corrected chi connectivity index (χ2v) is 3.04. The lowest BCUT2D eigenvalue weighted by Crippen LogP contribution is -2.05. The quantitative estimate of drug-likeness (QED) is 0.452. The largest absolute Gasteiger partial charge is 0.480 e. The van der Waals surface area contributed by atoms with E-state index in [1.165, 1.54) is 31.7 Å². The maximum atomic E-state index is 8.46. The molecule has 12 heavy (non-hydrogen) atoms. The zero-order valence-electron chi connectivity index (χ0n) is 7.87. The van der Waals surface area contributed by atoms with Crippen molar-refractivity contribution >= 4 is 7.12 Å². The van der Waals surface area contributed by atoms with Gasteiger partial charge in [0.25, 0.3) is 0 Å². The van der Waals surface area contributed by atoms with Crippen molar-refractivity contribution in [2.45, 2.75) is 45.4 Å². The van der Waals surface area contributed by atoms with E-state index >= 15 is 0 Å². The summed E-state index contributed by atoms with van der Waals surface area (Å²) in [6.45, 7) is 2.20. The van der Waals surface area contributed by atoms with Gasteiger partial charge in [-0.15, -0.1) is 0 Å². The van der Waals surface area contributed by atoms with Crippen LogP contribution in [0.2, 0.25) is 0 Å². The molecule has 3 heteroatoms. The van der Waals surface area contributed by atoms with Crippen molar-refractivity contribution in [2.24, 2.45) is 0 Å². The minimum atomic E-state index is -1.28. The lowest BCUT2D eigenvalue weighted by Gasteiger charge is -1.95. The molecule has 0 fully saturated rings. The molecule has 0 heterocycles. The van der Waals surface area contributed by atoms with Crippen LogP contribution < -0.4 is 0 Å². The third kappa shape index (κ3) is 9.72. The van der Waals surface area contributed by atoms with E-state index in [1.54, 1.807) is 0 Å². The maximum Gasteiger partial charge on any atom is 0.480 e. The predicted octanol–water partition coefficient (Wildman–Crippen LogP) is 1.92. The van der Waals surface area contributed by atoms with Gasteiger partial charge < -0.3 is 10.0 Å². The summed E-state index contributed by atoms with van der Waals surface area (Å²) in [6.07, 6.45) is 9.07. The summed E-state index contributed by atoms with van der Waals surface area (Å²) >= 11 is 0. The Balaban J connectivity index is 3.00. The van der Waals surface area contributed by atoms with Gasteiger partial charge in [0, 0.05) is 0 Å². The Bertz CT molecular complexity index is 113. The number of hydrogen-bond acceptors (Lipinski definition) is 2. The van der Waals surface area contributed by atoms with E-state index in [9.17, 15) is 0 Å². The molecule has 0 saturated heterocycles. The van der Waals surface area contributed by atoms with Crippen molar-refractivity contribution in [3.63, 3.8) is 0 Å². The fraction of sp³-hybridized carbons (Fsp3) is 0.778. The Morgan fingerprint density at radius 1 is 1.08 bits per heavy atom. The molecule has 0 atom stereocenters. The summed E-state index contributed by atoms with van der Waals surface area (Å²) < 4.78 is 0. The molecule has 0 spiro atoms. The summed E-state index contributed by atoms with van der Waals surface area (Å²) in [7, 11) is -1.28. The fourth-order valence-electron chi connectivity index (χ4n) is 1.08. The number of hydrogen-bond donors (Lipinski definition) is 2. The molecule has 2 N–H and O–H groups in total. The van der Waals surface area contributed by atoms with Crippen LogP contribution in [0.15, 0.2) is 12.1 Å². The molecule has 0 radical (unpaired) electrons. The van der Waals surface area contributed by atoms with Crippen LogP contribution in [0.4, 0.5) is 0 Å². The van der Waals surface area contributed by atoms with Gasteiger partial charge in [0.05, 0.1) is 0 Å². The molecule has 0 aliphatic rings. The highest BCUT2D eigenvalue weighted by molar-refractivity contribution is 6.47. The third-order valence-corrected chi connectivity index (χ3v) is 1.78. The standard InChI is InChI=1S/C9H19BO2/c1-2-3-4-5-6-7-8-9-10(11)12/h8-9,11-12H,2-7H2,1H3/b9-8-. The Kier molecular flexibility index (Phi) is 8.62. The molecule has 70 valence electrons. The van der Waals surface area contributed by atoms with Crippen LogP contribution >= 0.6 is 0 Å². The van der Waals surface area contributed by atoms with Crippen LogP contribution in [-0.2, 0) is 0 Å². The van der Waals surface area contributed by atoms with Gasteiger partial charge in [0.2, 0.25) is 0 Å². The molecule has 0 rings (SSSR count). The molecule has 0 amide bonds. The first kappa shape index (κ1) is 11.7. The van der Waals surface area contributed by atoms with Gasteiger partial charge >= 0.3 is 7.12 Å². The van der Waals surface area contributed by atoms with E-state index in [-0.39, 0.29) is 0 Å². The number of rotatable bonds is 7. The first-order valence-electron chi connectivity index (χ1n) is 4.80. The second kappa shape index (κ2) is 8.82. The zero-order chi connectivity index (χ0) is 9.23. The van der Waals surface area contributed by atoms with Crippen LogP contribution in [0.3, 0.4) is 0 Å². The van der Waals surface area contributed by atoms with E-state index in [0.717, 1.165) is 12.8 Å². The molecule has 0 aromatic heterocycles. The van der Waals surface area contributed by atoms with Crippen LogP contribution in [0.25, 0.3) is 0 Å². The van der Waals surface area contributed by atoms with E-state index in [1.807, 2.05) is 6.08 Å². The first-order valence-corrected chi connectivity index (χ1v) is 4.80. The van der Waals surface area contributed by atoms with Gasteiger partial charge in [-0.25, -0.2) is 0 Å². The zero-order valence-corrected chi connectivity index (χ0v) is 7.87. The monoisotopic (exact) mass is 170 g/mol. The van der Waals surface area contributed by atoms with Crippen molar-refractivity contribution < 1.29 is 10.0 Å². The summed E-state index contributed by atoms with van der Waals surface area (Å²) in [5.74, 6) is 1.42. The lowest BCUT2D eigenvalue weighted by molar-refractivity contribution is 0.424. The maximum absolute atomic E-state index is 8.46. The first-order chi connectivity index (χ1) is 5.77. The summed E-state index contributed by atoms with van der Waals surface area (Å²) in [4.78, 5) is 0. The van der Waals surface area contributed by atoms with Gasteiger partial charge in [-0.1, -0.05) is 44.7 Å². The van der Waals surface area contributed by atoms with E-state index in [2.05, 4.69) is 6.92 Å². The minimum Gasteiger partial charge on any atom is -0.424 e. The molecule has 0 aliphatic heterocycles. The summed E-state index contributed by atoms with van der Waals surface area (Å²) in [6, 6.07) is 0. The number of allylic oxidation sites excluding steroid dienone is 1. The summed E-state index contributed by atoms with van der Waals surface area (Å²) in [5, 5.41) is 16.9. The van der Waals surface area contributed by atoms with Gasteiger partial charge in [0.1, 0.15) is 0 Å². The van der Waals surface area contributed by atoms with Crippen molar-refractivity contribution in [3.8, 4) is 0 Å². The van der Waals surface area contributed by atoms with Crippen molar-refractivity contribution in [1.29, 1.82) is 0 Å². The Morgan fingerprint density at radius 2 is 1.75 bits per heavy atom. The van der Waals surface area contributed by atoms with E-state index in [4.69, 9.17) is 10.0 Å². The van der Waals surface area contributed by atoms with Crippen LogP contribution in [0, 0.1) is 0 Å². The van der Waals surface area contributed by atoms with Gasteiger partial charge in [-0.3, -0.25) is 0 Å². The SMILES string of the molecule is CCCCCCC/C=C\B(O)O. The Morgan fingerprint density at radius 3 is 2.33 bits per heavy atom. The van der Waals surface area contributed by atoms with E-state index < -0.39 is 7.12 Å². The van der Waals surface area contributed by atoms with Crippen LogP contribution in [0.5, 0.6) is 0 Å². The molecular weight excluding hydrogens is 151 g/mol. The average Bonchev–Trinajstić information content (AvgIpc) is 2.02. The topological polar surface area (TPSA) is 40.5 Å². The van der Waals surface area contributed by atoms with Crippen molar-refractivity contribution in [2.75, 3.05) is 0 Å². The second-order valence-electron chi connectivity index (χ2n) is 3.04. The van der Waals surface area contributed by atoms with Gasteiger partial charge in [0.15, 0.2) is 0 Å². The molecule has 0 aromatic carbocycles. The molecule has 0 aliphatic carbocycles. The number of unbranched alkanes of at least 4 members (excludes halogenated alkanes) is 5. The smallest absolute Gasteiger partial charge is 0.424 e. The van der Waals surface area contributed by atoms with Crippen LogP contribution in [0.1, 0.15) is 45.4 Å². The molecule has 0 unspecified atom stereocenters. The summed E-state index contributed by atoms with van der Waals surface area (Å²) in [5.41, 5.74) is 0. The molecular formula is C9H19BO2. The fourth-order valence-corrected chi connectivity index (χ4v) is 1.08. The Labute approximate surface area is 75.5 Å². The molecule has 0 saturated carbocycles. The van der Waals surface area contributed by atoms with Gasteiger partial charge in [-0.05, 0) is 12.8 Å². The predicted molar refractivity (Wildman–Crippen MR) is 52.7 cm³/mol. The normalized spacial score (nSPS) is 10.9. The lowest BCUT2D eigenvalue weighted by atomic mass is 9.91. The third-order valence-electron chi connectivity index (χ3n) is 1.78. The molecule has 0 aromatic rings. The molecule has 2 nitrogen and oxygen atoms in total. The highest BCUT2D eigenvalue weighted by Crippen LogP contribution is 2.05. The minimum absolute atomic E-state index is 0.960. The van der Waals surface area contributed by atoms with E-state index in [0.29, 0.717) is 0 Å². The highest BCUT2D eigenvalue weighted by Gasteiger charge is 1.96. The van der Waals surface area contributed by atoms with Crippen molar-refractivity contribution in [1.82, 2.24) is 0 Å². The average molecular weight is 170 g/mol. The van der Waals surface area contributed by atoms with Gasteiger partial charge in [-0.2, -0.15) is 0 Å². The highest BCUT2D eigenvalue weighted by atomic mass is 16.4. The Hall–Kier alpha value is -0.275. The van der Waals surface area contributed by atoms with Crippen molar-refractivity contribution in [3.05, 3.63) is 12.1 Å². The van der Waals surface area contributed by atoms with Crippen LogP contribution in [-0.4, -0.2) is 17.2 Å².